The van der Waals surface area contributed by atoms with Gasteiger partial charge in [-0.25, -0.2) is 4.39 Å². The maximum atomic E-state index is 13.0. The zero-order valence-corrected chi connectivity index (χ0v) is 16.4. The van der Waals surface area contributed by atoms with E-state index in [1.54, 1.807) is 4.90 Å². The van der Waals surface area contributed by atoms with Crippen molar-refractivity contribution < 1.29 is 14.0 Å². The van der Waals surface area contributed by atoms with Gasteiger partial charge in [-0.15, -0.1) is 10.2 Å². The van der Waals surface area contributed by atoms with Gasteiger partial charge >= 0.3 is 0 Å². The van der Waals surface area contributed by atoms with Crippen LogP contribution in [0, 0.1) is 11.7 Å². The molecule has 0 atom stereocenters. The molecule has 2 amide bonds. The molecule has 1 aliphatic rings. The predicted molar refractivity (Wildman–Crippen MR) is 109 cm³/mol. The van der Waals surface area contributed by atoms with Crippen LogP contribution in [0.1, 0.15) is 23.2 Å². The molecular weight excluding hydrogens is 391 g/mol. The van der Waals surface area contributed by atoms with Crippen molar-refractivity contribution >= 4 is 28.3 Å². The van der Waals surface area contributed by atoms with Gasteiger partial charge in [0.05, 0.1) is 0 Å². The van der Waals surface area contributed by atoms with Gasteiger partial charge < -0.3 is 10.2 Å². The molecule has 0 spiro atoms. The number of carbonyl (C=O) groups excluding carboxylic acids is 2. The fraction of sp³-hybridized carbons (Fsp3) is 0.238. The molecule has 1 aromatic heterocycles. The van der Waals surface area contributed by atoms with E-state index >= 15 is 0 Å². The lowest BCUT2D eigenvalue weighted by atomic mass is 9.95. The number of benzene rings is 2. The number of likely N-dealkylation sites (tertiary alicyclic amines) is 1. The quantitative estimate of drug-likeness (QED) is 0.709. The molecule has 6 nitrogen and oxygen atoms in total. The first-order valence-electron chi connectivity index (χ1n) is 9.35. The molecule has 29 heavy (non-hydrogen) atoms. The molecule has 0 radical (unpaired) electrons. The van der Waals surface area contributed by atoms with Crippen LogP contribution in [0.2, 0.25) is 0 Å². The van der Waals surface area contributed by atoms with Gasteiger partial charge in [-0.1, -0.05) is 41.7 Å². The van der Waals surface area contributed by atoms with E-state index in [-0.39, 0.29) is 23.5 Å². The molecule has 2 heterocycles. The van der Waals surface area contributed by atoms with Gasteiger partial charge in [0, 0.05) is 30.1 Å². The Bertz CT molecular complexity index is 999. The zero-order valence-electron chi connectivity index (χ0n) is 15.5. The van der Waals surface area contributed by atoms with Crippen LogP contribution in [0.3, 0.4) is 0 Å². The van der Waals surface area contributed by atoms with E-state index in [0.29, 0.717) is 36.6 Å². The van der Waals surface area contributed by atoms with Crippen LogP contribution < -0.4 is 5.32 Å². The second kappa shape index (κ2) is 8.48. The number of nitrogens with one attached hydrogen (secondary N) is 1. The van der Waals surface area contributed by atoms with E-state index in [1.165, 1.54) is 35.6 Å². The van der Waals surface area contributed by atoms with Crippen molar-refractivity contribution in [1.29, 1.82) is 0 Å². The lowest BCUT2D eigenvalue weighted by Gasteiger charge is -2.31. The number of nitrogens with zero attached hydrogens (tertiary/aromatic N) is 3. The highest BCUT2D eigenvalue weighted by molar-refractivity contribution is 7.18. The minimum Gasteiger partial charge on any atom is -0.339 e. The summed E-state index contributed by atoms with van der Waals surface area (Å²) in [7, 11) is 0. The van der Waals surface area contributed by atoms with Gasteiger partial charge in [0.2, 0.25) is 11.0 Å². The molecule has 0 aliphatic carbocycles. The molecule has 1 fully saturated rings. The van der Waals surface area contributed by atoms with Crippen molar-refractivity contribution in [3.63, 3.8) is 0 Å². The first-order chi connectivity index (χ1) is 14.1. The summed E-state index contributed by atoms with van der Waals surface area (Å²) in [6.07, 6.45) is 1.15. The van der Waals surface area contributed by atoms with Crippen LogP contribution in [0.15, 0.2) is 54.6 Å². The van der Waals surface area contributed by atoms with Crippen molar-refractivity contribution in [2.75, 3.05) is 18.4 Å². The Labute approximate surface area is 171 Å². The number of carbonyl (C=O) groups is 2. The second-order valence-electron chi connectivity index (χ2n) is 6.84. The fourth-order valence-corrected chi connectivity index (χ4v) is 4.05. The summed E-state index contributed by atoms with van der Waals surface area (Å²) in [6.45, 7) is 0.972. The highest BCUT2D eigenvalue weighted by Crippen LogP contribution is 2.27. The second-order valence-corrected chi connectivity index (χ2v) is 7.82. The van der Waals surface area contributed by atoms with Gasteiger partial charge in [0.1, 0.15) is 10.8 Å². The normalized spacial score (nSPS) is 14.6. The Balaban J connectivity index is 1.32. The third-order valence-electron chi connectivity index (χ3n) is 4.92. The van der Waals surface area contributed by atoms with Crippen LogP contribution in [0.4, 0.5) is 9.52 Å². The van der Waals surface area contributed by atoms with Crippen LogP contribution in [-0.4, -0.2) is 40.0 Å². The highest BCUT2D eigenvalue weighted by atomic mass is 32.1. The number of hydrogen-bond acceptors (Lipinski definition) is 5. The average Bonchev–Trinajstić information content (AvgIpc) is 3.23. The highest BCUT2D eigenvalue weighted by Gasteiger charge is 2.28. The Morgan fingerprint density at radius 2 is 1.69 bits per heavy atom. The van der Waals surface area contributed by atoms with Crippen LogP contribution >= 0.6 is 11.3 Å². The third kappa shape index (κ3) is 4.48. The van der Waals surface area contributed by atoms with Gasteiger partial charge in [-0.2, -0.15) is 0 Å². The van der Waals surface area contributed by atoms with E-state index in [9.17, 15) is 14.0 Å². The first kappa shape index (κ1) is 19.2. The van der Waals surface area contributed by atoms with E-state index in [4.69, 9.17) is 0 Å². The predicted octanol–water partition coefficient (Wildman–Crippen LogP) is 3.84. The number of amides is 2. The zero-order chi connectivity index (χ0) is 20.2. The van der Waals surface area contributed by atoms with E-state index < -0.39 is 0 Å². The number of rotatable bonds is 4. The van der Waals surface area contributed by atoms with Gasteiger partial charge in [0.25, 0.3) is 5.91 Å². The largest absolute Gasteiger partial charge is 0.339 e. The molecule has 4 rings (SSSR count). The molecule has 0 saturated carbocycles. The summed E-state index contributed by atoms with van der Waals surface area (Å²) < 4.78 is 13.0. The molecule has 8 heteroatoms. The monoisotopic (exact) mass is 410 g/mol. The lowest BCUT2D eigenvalue weighted by molar-refractivity contribution is -0.121. The van der Waals surface area contributed by atoms with E-state index in [1.807, 2.05) is 30.3 Å². The maximum Gasteiger partial charge on any atom is 0.253 e. The molecule has 148 valence electrons. The molecule has 2 aromatic carbocycles. The summed E-state index contributed by atoms with van der Waals surface area (Å²) in [5.74, 6) is -0.796. The van der Waals surface area contributed by atoms with Gasteiger partial charge in [0.15, 0.2) is 0 Å². The van der Waals surface area contributed by atoms with E-state index in [2.05, 4.69) is 15.5 Å². The lowest BCUT2D eigenvalue weighted by Crippen LogP contribution is -2.41. The summed E-state index contributed by atoms with van der Waals surface area (Å²) in [5.41, 5.74) is 1.41. The minimum absolute atomic E-state index is 0.102. The van der Waals surface area contributed by atoms with Crippen molar-refractivity contribution in [3.05, 3.63) is 66.0 Å². The topological polar surface area (TPSA) is 75.2 Å². The number of piperidine rings is 1. The molecule has 0 unspecified atom stereocenters. The van der Waals surface area contributed by atoms with Crippen LogP contribution in [-0.2, 0) is 4.79 Å². The smallest absolute Gasteiger partial charge is 0.253 e. The Hall–Kier alpha value is -3.13. The van der Waals surface area contributed by atoms with Crippen LogP contribution in [0.5, 0.6) is 0 Å². The Morgan fingerprint density at radius 1 is 1.00 bits per heavy atom. The molecule has 1 N–H and O–H groups in total. The number of hydrogen-bond donors (Lipinski definition) is 1. The average molecular weight is 410 g/mol. The standard InChI is InChI=1S/C21H19FN4O2S/c22-17-8-6-16(7-9-17)20(28)26-12-10-14(11-13-26)18(27)23-21-25-24-19(29-21)15-4-2-1-3-5-15/h1-9,14H,10-13H2,(H,23,25,27). The molecule has 3 aromatic rings. The SMILES string of the molecule is O=C(Nc1nnc(-c2ccccc2)s1)C1CCN(C(=O)c2ccc(F)cc2)CC1. The summed E-state index contributed by atoms with van der Waals surface area (Å²) in [4.78, 5) is 26.8. The molecule has 1 aliphatic heterocycles. The number of aromatic nitrogens is 2. The summed E-state index contributed by atoms with van der Waals surface area (Å²) in [6, 6.07) is 15.2. The van der Waals surface area contributed by atoms with Gasteiger partial charge in [-0.05, 0) is 37.1 Å². The minimum atomic E-state index is -0.371. The molecular formula is C21H19FN4O2S. The Kier molecular flexibility index (Phi) is 5.62. The fourth-order valence-electron chi connectivity index (χ4n) is 3.30. The maximum absolute atomic E-state index is 13.0. The number of halogens is 1. The van der Waals surface area contributed by atoms with Crippen molar-refractivity contribution in [1.82, 2.24) is 15.1 Å². The van der Waals surface area contributed by atoms with Crippen molar-refractivity contribution in [2.45, 2.75) is 12.8 Å². The van der Waals surface area contributed by atoms with Crippen molar-refractivity contribution in [3.8, 4) is 10.6 Å². The Morgan fingerprint density at radius 3 is 2.38 bits per heavy atom. The van der Waals surface area contributed by atoms with E-state index in [0.717, 1.165) is 10.6 Å². The number of anilines is 1. The third-order valence-corrected chi connectivity index (χ3v) is 5.81. The van der Waals surface area contributed by atoms with Crippen LogP contribution in [0.25, 0.3) is 10.6 Å². The van der Waals surface area contributed by atoms with Gasteiger partial charge in [-0.3, -0.25) is 9.59 Å². The first-order valence-corrected chi connectivity index (χ1v) is 10.2. The molecule has 1 saturated heterocycles. The molecule has 0 bridgehead atoms. The summed E-state index contributed by atoms with van der Waals surface area (Å²) in [5, 5.41) is 12.3. The van der Waals surface area contributed by atoms with Crippen molar-refractivity contribution in [2.24, 2.45) is 5.92 Å². The summed E-state index contributed by atoms with van der Waals surface area (Å²) >= 11 is 1.33.